The molecule has 168 valence electrons. The first-order chi connectivity index (χ1) is 15.7. The number of carboxylic acids is 1. The van der Waals surface area contributed by atoms with Crippen LogP contribution in [0.2, 0.25) is 0 Å². The van der Waals surface area contributed by atoms with E-state index in [0.29, 0.717) is 19.0 Å². The van der Waals surface area contributed by atoms with Crippen LogP contribution < -0.4 is 4.74 Å². The molecule has 3 aromatic rings. The zero-order valence-corrected chi connectivity index (χ0v) is 17.9. The van der Waals surface area contributed by atoms with Crippen LogP contribution >= 0.6 is 0 Å². The number of ether oxygens (including phenoxy) is 2. The van der Waals surface area contributed by atoms with Crippen LogP contribution in [-0.2, 0) is 17.8 Å². The number of nitrogens with zero attached hydrogens (tertiary/aromatic N) is 3. The van der Waals surface area contributed by atoms with E-state index in [1.807, 2.05) is 48.5 Å². The highest BCUT2D eigenvalue weighted by Crippen LogP contribution is 2.23. The van der Waals surface area contributed by atoms with Gasteiger partial charge in [0.15, 0.2) is 5.69 Å². The summed E-state index contributed by atoms with van der Waals surface area (Å²) in [7, 11) is 0. The quantitative estimate of drug-likeness (QED) is 0.516. The average Bonchev–Trinajstić information content (AvgIpc) is 3.28. The number of hydrogen-bond acceptors (Lipinski definition) is 7. The number of hydrogen-bond donors (Lipinski definition) is 1. The number of carboxylic acid groups (broad SMARTS) is 1. The fourth-order valence-corrected chi connectivity index (χ4v) is 3.58. The van der Waals surface area contributed by atoms with Crippen molar-refractivity contribution < 1.29 is 23.8 Å². The molecule has 1 aliphatic heterocycles. The number of carbonyl (C=O) groups is 1. The Morgan fingerprint density at radius 3 is 2.59 bits per heavy atom. The van der Waals surface area contributed by atoms with Crippen LogP contribution in [0.1, 0.15) is 21.9 Å². The fourth-order valence-electron chi connectivity index (χ4n) is 3.58. The van der Waals surface area contributed by atoms with Crippen molar-refractivity contribution in [3.63, 3.8) is 0 Å². The lowest BCUT2D eigenvalue weighted by Gasteiger charge is -2.29. The summed E-state index contributed by atoms with van der Waals surface area (Å²) < 4.78 is 16.8. The number of aromatic nitrogens is 1. The molecule has 8 nitrogen and oxygen atoms in total. The van der Waals surface area contributed by atoms with Crippen molar-refractivity contribution in [3.05, 3.63) is 78.0 Å². The molecule has 32 heavy (non-hydrogen) atoms. The van der Waals surface area contributed by atoms with Gasteiger partial charge in [0.2, 0.25) is 5.89 Å². The highest BCUT2D eigenvalue weighted by molar-refractivity contribution is 5.84. The standard InChI is InChI=1S/C24H27N3O5/c28-24(29)22-18-31-23(25-22)17-27(10-9-26-11-13-30-14-12-26)16-19-5-4-8-21(15-19)32-20-6-2-1-3-7-20/h1-8,15,18H,9-14,16-17H2,(H,28,29). The van der Waals surface area contributed by atoms with E-state index in [-0.39, 0.29) is 5.69 Å². The van der Waals surface area contributed by atoms with Crippen molar-refractivity contribution in [1.29, 1.82) is 0 Å². The van der Waals surface area contributed by atoms with E-state index in [1.54, 1.807) is 0 Å². The van der Waals surface area contributed by atoms with Crippen LogP contribution in [0.15, 0.2) is 65.3 Å². The molecule has 0 amide bonds. The van der Waals surface area contributed by atoms with Crippen LogP contribution in [0.5, 0.6) is 11.5 Å². The topological polar surface area (TPSA) is 88.3 Å². The molecule has 2 heterocycles. The molecule has 2 aromatic carbocycles. The molecule has 1 N–H and O–H groups in total. The zero-order valence-electron chi connectivity index (χ0n) is 17.9. The molecule has 0 atom stereocenters. The van der Waals surface area contributed by atoms with Gasteiger partial charge in [-0.3, -0.25) is 9.80 Å². The van der Waals surface area contributed by atoms with Gasteiger partial charge in [0.05, 0.1) is 19.8 Å². The van der Waals surface area contributed by atoms with Gasteiger partial charge in [0.1, 0.15) is 17.8 Å². The lowest BCUT2D eigenvalue weighted by atomic mass is 10.2. The predicted molar refractivity (Wildman–Crippen MR) is 118 cm³/mol. The van der Waals surface area contributed by atoms with Gasteiger partial charge in [-0.1, -0.05) is 30.3 Å². The van der Waals surface area contributed by atoms with Crippen LogP contribution in [-0.4, -0.2) is 65.3 Å². The molecule has 0 saturated carbocycles. The first-order valence-corrected chi connectivity index (χ1v) is 10.7. The molecule has 1 saturated heterocycles. The molecule has 8 heteroatoms. The Hall–Kier alpha value is -3.20. The minimum atomic E-state index is -1.09. The summed E-state index contributed by atoms with van der Waals surface area (Å²) >= 11 is 0. The summed E-state index contributed by atoms with van der Waals surface area (Å²) in [5, 5.41) is 9.12. The Kier molecular flexibility index (Phi) is 7.50. The van der Waals surface area contributed by atoms with Crippen molar-refractivity contribution in [2.75, 3.05) is 39.4 Å². The summed E-state index contributed by atoms with van der Waals surface area (Å²) in [4.78, 5) is 19.8. The Bertz CT molecular complexity index is 1000. The van der Waals surface area contributed by atoms with Gasteiger partial charge >= 0.3 is 5.97 Å². The van der Waals surface area contributed by atoms with Crippen molar-refractivity contribution in [2.45, 2.75) is 13.1 Å². The van der Waals surface area contributed by atoms with E-state index in [9.17, 15) is 4.79 Å². The number of aromatic carboxylic acids is 1. The number of morpholine rings is 1. The predicted octanol–water partition coefficient (Wildman–Crippen LogP) is 3.50. The van der Waals surface area contributed by atoms with Gasteiger partial charge in [-0.25, -0.2) is 9.78 Å². The molecule has 0 aliphatic carbocycles. The lowest BCUT2D eigenvalue weighted by molar-refractivity contribution is 0.0320. The molecule has 0 bridgehead atoms. The Morgan fingerprint density at radius 2 is 1.84 bits per heavy atom. The zero-order chi connectivity index (χ0) is 22.2. The molecule has 0 radical (unpaired) electrons. The van der Waals surface area contributed by atoms with Gasteiger partial charge in [-0.2, -0.15) is 0 Å². The summed E-state index contributed by atoms with van der Waals surface area (Å²) in [6.45, 7) is 6.07. The van der Waals surface area contributed by atoms with Crippen LogP contribution in [0.25, 0.3) is 0 Å². The van der Waals surface area contributed by atoms with Gasteiger partial charge in [-0.15, -0.1) is 0 Å². The summed E-state index contributed by atoms with van der Waals surface area (Å²) in [6.07, 6.45) is 1.19. The van der Waals surface area contributed by atoms with Crippen LogP contribution in [0.3, 0.4) is 0 Å². The molecule has 4 rings (SSSR count). The SMILES string of the molecule is O=C(O)c1coc(CN(CCN2CCOCC2)Cc2cccc(Oc3ccccc3)c2)n1. The van der Waals surface area contributed by atoms with E-state index in [2.05, 4.69) is 20.9 Å². The van der Waals surface area contributed by atoms with Crippen molar-refractivity contribution in [2.24, 2.45) is 0 Å². The van der Waals surface area contributed by atoms with Crippen molar-refractivity contribution in [3.8, 4) is 11.5 Å². The minimum Gasteiger partial charge on any atom is -0.476 e. The van der Waals surface area contributed by atoms with E-state index >= 15 is 0 Å². The third-order valence-electron chi connectivity index (χ3n) is 5.25. The Morgan fingerprint density at radius 1 is 1.06 bits per heavy atom. The molecular formula is C24H27N3O5. The van der Waals surface area contributed by atoms with Gasteiger partial charge in [-0.05, 0) is 29.8 Å². The molecule has 0 unspecified atom stereocenters. The Balaban J connectivity index is 1.44. The molecule has 0 spiro atoms. The van der Waals surface area contributed by atoms with Gasteiger partial charge in [0, 0.05) is 32.7 Å². The minimum absolute atomic E-state index is 0.0774. The van der Waals surface area contributed by atoms with Gasteiger partial charge < -0.3 is 19.0 Å². The van der Waals surface area contributed by atoms with Crippen molar-refractivity contribution >= 4 is 5.97 Å². The molecule has 1 aliphatic rings. The number of benzene rings is 2. The average molecular weight is 437 g/mol. The molecule has 1 aromatic heterocycles. The second-order valence-corrected chi connectivity index (χ2v) is 7.66. The van der Waals surface area contributed by atoms with E-state index in [1.165, 1.54) is 6.26 Å². The normalized spacial score (nSPS) is 14.5. The third-order valence-corrected chi connectivity index (χ3v) is 5.25. The first-order valence-electron chi connectivity index (χ1n) is 10.7. The van der Waals surface area contributed by atoms with E-state index in [4.69, 9.17) is 19.0 Å². The largest absolute Gasteiger partial charge is 0.476 e. The maximum atomic E-state index is 11.1. The first kappa shape index (κ1) is 22.0. The maximum absolute atomic E-state index is 11.1. The lowest BCUT2D eigenvalue weighted by Crippen LogP contribution is -2.41. The number of oxazole rings is 1. The molecular weight excluding hydrogens is 410 g/mol. The Labute approximate surface area is 187 Å². The van der Waals surface area contributed by atoms with E-state index < -0.39 is 5.97 Å². The summed E-state index contributed by atoms with van der Waals surface area (Å²) in [5.74, 6) is 0.854. The fraction of sp³-hybridized carbons (Fsp3) is 0.333. The second-order valence-electron chi connectivity index (χ2n) is 7.66. The molecule has 1 fully saturated rings. The van der Waals surface area contributed by atoms with Crippen LogP contribution in [0, 0.1) is 0 Å². The number of rotatable bonds is 10. The highest BCUT2D eigenvalue weighted by Gasteiger charge is 2.17. The number of para-hydroxylation sites is 1. The summed E-state index contributed by atoms with van der Waals surface area (Å²) in [5.41, 5.74) is 1.01. The van der Waals surface area contributed by atoms with E-state index in [0.717, 1.165) is 56.5 Å². The third kappa shape index (κ3) is 6.40. The maximum Gasteiger partial charge on any atom is 0.357 e. The second kappa shape index (κ2) is 10.9. The van der Waals surface area contributed by atoms with Crippen LogP contribution in [0.4, 0.5) is 0 Å². The monoisotopic (exact) mass is 437 g/mol. The summed E-state index contributed by atoms with van der Waals surface area (Å²) in [6, 6.07) is 17.7. The van der Waals surface area contributed by atoms with Crippen molar-refractivity contribution in [1.82, 2.24) is 14.8 Å². The highest BCUT2D eigenvalue weighted by atomic mass is 16.5. The van der Waals surface area contributed by atoms with Gasteiger partial charge in [0.25, 0.3) is 0 Å². The smallest absolute Gasteiger partial charge is 0.357 e.